The number of hydrogen-bond donors (Lipinski definition) is 1. The van der Waals surface area contributed by atoms with Crippen molar-refractivity contribution in [2.24, 2.45) is 5.10 Å². The lowest BCUT2D eigenvalue weighted by Crippen LogP contribution is -2.18. The van der Waals surface area contributed by atoms with E-state index in [1.807, 2.05) is 43.3 Å². The van der Waals surface area contributed by atoms with Crippen molar-refractivity contribution in [2.45, 2.75) is 26.7 Å². The molecule has 0 bridgehead atoms. The van der Waals surface area contributed by atoms with E-state index in [9.17, 15) is 4.79 Å². The van der Waals surface area contributed by atoms with Crippen LogP contribution in [-0.4, -0.2) is 25.8 Å². The van der Waals surface area contributed by atoms with Gasteiger partial charge in [0.15, 0.2) is 11.5 Å². The first-order chi connectivity index (χ1) is 12.2. The number of nitrogens with zero attached hydrogens (tertiary/aromatic N) is 1. The van der Waals surface area contributed by atoms with Gasteiger partial charge in [0.2, 0.25) is 0 Å². The van der Waals surface area contributed by atoms with Gasteiger partial charge in [-0.3, -0.25) is 4.79 Å². The summed E-state index contributed by atoms with van der Waals surface area (Å²) in [6.45, 7) is 4.64. The van der Waals surface area contributed by atoms with Crippen LogP contribution in [-0.2, 0) is 0 Å². The van der Waals surface area contributed by atoms with Gasteiger partial charge >= 0.3 is 0 Å². The summed E-state index contributed by atoms with van der Waals surface area (Å²) in [7, 11) is 1.61. The van der Waals surface area contributed by atoms with Gasteiger partial charge in [-0.15, -0.1) is 0 Å². The van der Waals surface area contributed by atoms with Crippen LogP contribution in [0.4, 0.5) is 0 Å². The van der Waals surface area contributed by atoms with Gasteiger partial charge in [0.25, 0.3) is 5.91 Å². The Bertz CT molecular complexity index is 741. The highest BCUT2D eigenvalue weighted by atomic mass is 16.5. The zero-order chi connectivity index (χ0) is 18.1. The SMILES string of the molecule is CCCCOc1cc(/C=N\NC(=O)c2ccccc2C)ccc1OC. The first-order valence-corrected chi connectivity index (χ1v) is 8.35. The molecule has 0 aliphatic carbocycles. The third kappa shape index (κ3) is 5.35. The molecule has 1 amide bonds. The first-order valence-electron chi connectivity index (χ1n) is 8.35. The number of hydrogen-bond acceptors (Lipinski definition) is 4. The molecule has 0 aromatic heterocycles. The lowest BCUT2D eigenvalue weighted by atomic mass is 10.1. The molecular weight excluding hydrogens is 316 g/mol. The maximum atomic E-state index is 12.1. The number of nitrogens with one attached hydrogen (secondary N) is 1. The maximum Gasteiger partial charge on any atom is 0.271 e. The number of methoxy groups -OCH3 is 1. The van der Waals surface area contributed by atoms with Crippen molar-refractivity contribution < 1.29 is 14.3 Å². The molecule has 0 unspecified atom stereocenters. The second kappa shape index (κ2) is 9.47. The largest absolute Gasteiger partial charge is 0.493 e. The molecule has 25 heavy (non-hydrogen) atoms. The van der Waals surface area contributed by atoms with E-state index in [-0.39, 0.29) is 5.91 Å². The predicted octanol–water partition coefficient (Wildman–Crippen LogP) is 3.95. The Morgan fingerprint density at radius 1 is 1.20 bits per heavy atom. The van der Waals surface area contributed by atoms with Gasteiger partial charge in [-0.25, -0.2) is 5.43 Å². The van der Waals surface area contributed by atoms with Crippen LogP contribution in [0.15, 0.2) is 47.6 Å². The minimum Gasteiger partial charge on any atom is -0.493 e. The molecule has 0 heterocycles. The highest BCUT2D eigenvalue weighted by Gasteiger charge is 2.07. The highest BCUT2D eigenvalue weighted by Crippen LogP contribution is 2.27. The fourth-order valence-corrected chi connectivity index (χ4v) is 2.27. The number of rotatable bonds is 8. The van der Waals surface area contributed by atoms with Gasteiger partial charge in [-0.2, -0.15) is 5.10 Å². The van der Waals surface area contributed by atoms with Crippen LogP contribution in [0.1, 0.15) is 41.3 Å². The van der Waals surface area contributed by atoms with Crippen molar-refractivity contribution in [3.05, 3.63) is 59.2 Å². The monoisotopic (exact) mass is 340 g/mol. The number of unbranched alkanes of at least 4 members (excludes halogenated alkanes) is 1. The fourth-order valence-electron chi connectivity index (χ4n) is 2.27. The van der Waals surface area contributed by atoms with E-state index in [1.165, 1.54) is 0 Å². The summed E-state index contributed by atoms with van der Waals surface area (Å²) < 4.78 is 11.1. The molecule has 0 radical (unpaired) electrons. The van der Waals surface area contributed by atoms with Crippen LogP contribution in [0, 0.1) is 6.92 Å². The summed E-state index contributed by atoms with van der Waals surface area (Å²) in [5, 5.41) is 4.03. The van der Waals surface area contributed by atoms with Crippen molar-refractivity contribution in [3.8, 4) is 11.5 Å². The van der Waals surface area contributed by atoms with Crippen molar-refractivity contribution in [3.63, 3.8) is 0 Å². The van der Waals surface area contributed by atoms with E-state index < -0.39 is 0 Å². The Labute approximate surface area is 148 Å². The van der Waals surface area contributed by atoms with E-state index in [0.29, 0.717) is 23.7 Å². The summed E-state index contributed by atoms with van der Waals surface area (Å²) in [4.78, 5) is 12.1. The van der Waals surface area contributed by atoms with E-state index in [4.69, 9.17) is 9.47 Å². The average molecular weight is 340 g/mol. The summed E-state index contributed by atoms with van der Waals surface area (Å²) in [6.07, 6.45) is 3.63. The number of carbonyl (C=O) groups excluding carboxylic acids is 1. The minimum atomic E-state index is -0.234. The standard InChI is InChI=1S/C20H24N2O3/c1-4-5-12-25-19-13-16(10-11-18(19)24-3)14-21-22-20(23)17-9-7-6-8-15(17)2/h6-11,13-14H,4-5,12H2,1-3H3,(H,22,23)/b21-14-. The van der Waals surface area contributed by atoms with Crippen molar-refractivity contribution >= 4 is 12.1 Å². The maximum absolute atomic E-state index is 12.1. The molecule has 2 aromatic carbocycles. The van der Waals surface area contributed by atoms with Gasteiger partial charge in [0, 0.05) is 5.56 Å². The molecular formula is C20H24N2O3. The van der Waals surface area contributed by atoms with Crippen LogP contribution in [0.2, 0.25) is 0 Å². The predicted molar refractivity (Wildman–Crippen MR) is 99.6 cm³/mol. The average Bonchev–Trinajstić information content (AvgIpc) is 2.62. The lowest BCUT2D eigenvalue weighted by molar-refractivity contribution is 0.0954. The van der Waals surface area contributed by atoms with Crippen LogP contribution < -0.4 is 14.9 Å². The summed E-state index contributed by atoms with van der Waals surface area (Å²) in [6, 6.07) is 12.9. The van der Waals surface area contributed by atoms with Crippen LogP contribution in [0.25, 0.3) is 0 Å². The van der Waals surface area contributed by atoms with Crippen molar-refractivity contribution in [1.82, 2.24) is 5.43 Å². The van der Waals surface area contributed by atoms with E-state index >= 15 is 0 Å². The smallest absolute Gasteiger partial charge is 0.271 e. The van der Waals surface area contributed by atoms with E-state index in [2.05, 4.69) is 17.5 Å². The minimum absolute atomic E-state index is 0.234. The molecule has 2 rings (SSSR count). The Kier molecular flexibility index (Phi) is 7.01. The third-order valence-corrected chi connectivity index (χ3v) is 3.71. The Morgan fingerprint density at radius 3 is 2.72 bits per heavy atom. The molecule has 0 atom stereocenters. The van der Waals surface area contributed by atoms with Gasteiger partial charge in [-0.05, 0) is 48.7 Å². The third-order valence-electron chi connectivity index (χ3n) is 3.71. The number of ether oxygens (including phenoxy) is 2. The molecule has 2 aromatic rings. The number of aryl methyl sites for hydroxylation is 1. The van der Waals surface area contributed by atoms with Crippen LogP contribution in [0.3, 0.4) is 0 Å². The Balaban J connectivity index is 2.04. The number of carbonyl (C=O) groups is 1. The quantitative estimate of drug-likeness (QED) is 0.450. The normalized spacial score (nSPS) is 10.7. The molecule has 5 nitrogen and oxygen atoms in total. The van der Waals surface area contributed by atoms with Gasteiger partial charge in [0.05, 0.1) is 19.9 Å². The zero-order valence-corrected chi connectivity index (χ0v) is 14.9. The highest BCUT2D eigenvalue weighted by molar-refractivity contribution is 5.96. The number of amides is 1. The molecule has 0 fully saturated rings. The summed E-state index contributed by atoms with van der Waals surface area (Å²) in [5.74, 6) is 1.12. The first kappa shape index (κ1) is 18.5. The van der Waals surface area contributed by atoms with Crippen LogP contribution in [0.5, 0.6) is 11.5 Å². The molecule has 0 aliphatic rings. The Hall–Kier alpha value is -2.82. The second-order valence-electron chi connectivity index (χ2n) is 5.63. The molecule has 132 valence electrons. The molecule has 0 spiro atoms. The fraction of sp³-hybridized carbons (Fsp3) is 0.300. The lowest BCUT2D eigenvalue weighted by Gasteiger charge is -2.10. The zero-order valence-electron chi connectivity index (χ0n) is 14.9. The van der Waals surface area contributed by atoms with Crippen LogP contribution >= 0.6 is 0 Å². The molecule has 0 aliphatic heterocycles. The molecule has 5 heteroatoms. The molecule has 0 saturated heterocycles. The molecule has 0 saturated carbocycles. The van der Waals surface area contributed by atoms with Gasteiger partial charge in [-0.1, -0.05) is 31.5 Å². The van der Waals surface area contributed by atoms with Gasteiger partial charge in [0.1, 0.15) is 0 Å². The number of benzene rings is 2. The van der Waals surface area contributed by atoms with Gasteiger partial charge < -0.3 is 9.47 Å². The van der Waals surface area contributed by atoms with E-state index in [0.717, 1.165) is 24.0 Å². The summed E-state index contributed by atoms with van der Waals surface area (Å²) >= 11 is 0. The number of hydrazone groups is 1. The van der Waals surface area contributed by atoms with Crippen molar-refractivity contribution in [1.29, 1.82) is 0 Å². The molecule has 1 N–H and O–H groups in total. The summed E-state index contributed by atoms with van der Waals surface area (Å²) in [5.41, 5.74) is 4.88. The topological polar surface area (TPSA) is 59.9 Å². The van der Waals surface area contributed by atoms with E-state index in [1.54, 1.807) is 19.4 Å². The Morgan fingerprint density at radius 2 is 2.00 bits per heavy atom. The van der Waals surface area contributed by atoms with Crippen molar-refractivity contribution in [2.75, 3.05) is 13.7 Å². The second-order valence-corrected chi connectivity index (χ2v) is 5.63.